The van der Waals surface area contributed by atoms with Crippen LogP contribution in [-0.4, -0.2) is 36.8 Å². The Hall–Kier alpha value is -0.940. The lowest BCUT2D eigenvalue weighted by atomic mass is 10.1. The molecule has 0 amide bonds. The number of aliphatic hydroxyl groups excluding tert-OH is 1. The monoisotopic (exact) mass is 252 g/mol. The molecule has 1 heterocycles. The summed E-state index contributed by atoms with van der Waals surface area (Å²) in [5, 5.41) is 10.1. The van der Waals surface area contributed by atoms with Crippen LogP contribution in [0.1, 0.15) is 18.9 Å². The Labute approximate surface area is 107 Å². The molecule has 4 atom stereocenters. The quantitative estimate of drug-likeness (QED) is 0.866. The first-order chi connectivity index (χ1) is 8.76. The number of benzene rings is 1. The van der Waals surface area contributed by atoms with E-state index in [1.54, 1.807) is 0 Å². The Morgan fingerprint density at radius 1 is 1.28 bits per heavy atom. The van der Waals surface area contributed by atoms with Crippen molar-refractivity contribution in [3.8, 4) is 0 Å². The van der Waals surface area contributed by atoms with Crippen LogP contribution in [0.5, 0.6) is 0 Å². The van der Waals surface area contributed by atoms with E-state index in [4.69, 9.17) is 14.2 Å². The molecule has 1 N–H and O–H groups in total. The van der Waals surface area contributed by atoms with Gasteiger partial charge in [0.15, 0.2) is 6.29 Å². The highest BCUT2D eigenvalue weighted by molar-refractivity contribution is 5.13. The molecule has 1 aromatic rings. The average Bonchev–Trinajstić information content (AvgIpc) is 2.73. The average molecular weight is 252 g/mol. The highest BCUT2D eigenvalue weighted by Gasteiger charge is 2.43. The van der Waals surface area contributed by atoms with Crippen LogP contribution >= 0.6 is 0 Å². The minimum atomic E-state index is -0.733. The van der Waals surface area contributed by atoms with Gasteiger partial charge in [0.25, 0.3) is 0 Å². The third kappa shape index (κ3) is 2.90. The van der Waals surface area contributed by atoms with Crippen molar-refractivity contribution in [1.29, 1.82) is 0 Å². The van der Waals surface area contributed by atoms with E-state index in [2.05, 4.69) is 0 Å². The highest BCUT2D eigenvalue weighted by atomic mass is 16.7. The molecule has 1 aromatic carbocycles. The third-order valence-electron chi connectivity index (χ3n) is 3.21. The summed E-state index contributed by atoms with van der Waals surface area (Å²) < 4.78 is 16.4. The van der Waals surface area contributed by atoms with Crippen LogP contribution in [-0.2, 0) is 20.8 Å². The second-order valence-electron chi connectivity index (χ2n) is 4.44. The van der Waals surface area contributed by atoms with Gasteiger partial charge in [0.2, 0.25) is 0 Å². The van der Waals surface area contributed by atoms with Gasteiger partial charge in [-0.05, 0) is 12.0 Å². The van der Waals surface area contributed by atoms with E-state index < -0.39 is 12.4 Å². The van der Waals surface area contributed by atoms with Gasteiger partial charge in [0.05, 0.1) is 12.7 Å². The normalized spacial score (nSPS) is 31.7. The van der Waals surface area contributed by atoms with Crippen molar-refractivity contribution in [3.63, 3.8) is 0 Å². The molecule has 1 aliphatic heterocycles. The molecule has 0 spiro atoms. The fourth-order valence-electron chi connectivity index (χ4n) is 2.20. The topological polar surface area (TPSA) is 47.9 Å². The lowest BCUT2D eigenvalue weighted by Gasteiger charge is -2.19. The Morgan fingerprint density at radius 3 is 2.61 bits per heavy atom. The number of rotatable bonds is 5. The molecule has 4 nitrogen and oxygen atoms in total. The smallest absolute Gasteiger partial charge is 0.186 e. The van der Waals surface area contributed by atoms with Crippen LogP contribution in [0, 0.1) is 0 Å². The van der Waals surface area contributed by atoms with E-state index >= 15 is 0 Å². The zero-order valence-electron chi connectivity index (χ0n) is 10.8. The maximum absolute atomic E-state index is 10.1. The minimum Gasteiger partial charge on any atom is -0.385 e. The SMILES string of the molecule is CC[C@H]1OC(OC)[C@H](O)C1OCc1ccccc1. The van der Waals surface area contributed by atoms with Gasteiger partial charge >= 0.3 is 0 Å². The first-order valence-electron chi connectivity index (χ1n) is 6.28. The molecule has 2 unspecified atom stereocenters. The summed E-state index contributed by atoms with van der Waals surface area (Å²) in [7, 11) is 1.53. The number of aliphatic hydroxyl groups is 1. The van der Waals surface area contributed by atoms with Crippen molar-refractivity contribution in [2.24, 2.45) is 0 Å². The summed E-state index contributed by atoms with van der Waals surface area (Å²) in [6.07, 6.45) is -0.982. The fraction of sp³-hybridized carbons (Fsp3) is 0.571. The number of hydrogen-bond acceptors (Lipinski definition) is 4. The zero-order chi connectivity index (χ0) is 13.0. The zero-order valence-corrected chi connectivity index (χ0v) is 10.8. The molecule has 18 heavy (non-hydrogen) atoms. The second-order valence-corrected chi connectivity index (χ2v) is 4.44. The third-order valence-corrected chi connectivity index (χ3v) is 3.21. The van der Waals surface area contributed by atoms with Crippen LogP contribution < -0.4 is 0 Å². The molecule has 0 radical (unpaired) electrons. The molecule has 1 aliphatic rings. The summed E-state index contributed by atoms with van der Waals surface area (Å²) in [6.45, 7) is 2.48. The minimum absolute atomic E-state index is 0.117. The Balaban J connectivity index is 1.95. The van der Waals surface area contributed by atoms with Crippen LogP contribution in [0.3, 0.4) is 0 Å². The first kappa shape index (κ1) is 13.5. The predicted molar refractivity (Wildman–Crippen MR) is 67.0 cm³/mol. The second kappa shape index (κ2) is 6.29. The van der Waals surface area contributed by atoms with Crippen molar-refractivity contribution in [3.05, 3.63) is 35.9 Å². The summed E-state index contributed by atoms with van der Waals surface area (Å²) in [5.41, 5.74) is 1.08. The Morgan fingerprint density at radius 2 is 2.00 bits per heavy atom. The first-order valence-corrected chi connectivity index (χ1v) is 6.28. The molecule has 0 aliphatic carbocycles. The molecular formula is C14H20O4. The molecule has 1 fully saturated rings. The molecule has 0 bridgehead atoms. The highest BCUT2D eigenvalue weighted by Crippen LogP contribution is 2.27. The molecule has 100 valence electrons. The van der Waals surface area contributed by atoms with Crippen molar-refractivity contribution < 1.29 is 19.3 Å². The standard InChI is InChI=1S/C14H20O4/c1-3-11-13(12(15)14(16-2)18-11)17-9-10-7-5-4-6-8-10/h4-8,11-15H,3,9H2,1-2H3/t11-,12-,13?,14?/m1/s1. The Kier molecular flexibility index (Phi) is 4.72. The largest absolute Gasteiger partial charge is 0.385 e. The lowest BCUT2D eigenvalue weighted by molar-refractivity contribution is -0.148. The van der Waals surface area contributed by atoms with Crippen LogP contribution in [0.15, 0.2) is 30.3 Å². The summed E-state index contributed by atoms with van der Waals surface area (Å²) in [6, 6.07) is 9.89. The van der Waals surface area contributed by atoms with Crippen LogP contribution in [0.2, 0.25) is 0 Å². The van der Waals surface area contributed by atoms with Gasteiger partial charge < -0.3 is 19.3 Å². The van der Waals surface area contributed by atoms with Gasteiger partial charge in [-0.15, -0.1) is 0 Å². The van der Waals surface area contributed by atoms with Crippen LogP contribution in [0.4, 0.5) is 0 Å². The van der Waals surface area contributed by atoms with Gasteiger partial charge in [-0.25, -0.2) is 0 Å². The molecule has 0 aromatic heterocycles. The maximum atomic E-state index is 10.1. The maximum Gasteiger partial charge on any atom is 0.186 e. The van der Waals surface area contributed by atoms with Gasteiger partial charge in [0.1, 0.15) is 12.2 Å². The van der Waals surface area contributed by atoms with E-state index in [0.29, 0.717) is 6.61 Å². The summed E-state index contributed by atoms with van der Waals surface area (Å²) in [5.74, 6) is 0. The Bertz CT molecular complexity index is 352. The van der Waals surface area contributed by atoms with Crippen molar-refractivity contribution >= 4 is 0 Å². The van der Waals surface area contributed by atoms with E-state index in [0.717, 1.165) is 12.0 Å². The molecular weight excluding hydrogens is 232 g/mol. The van der Waals surface area contributed by atoms with E-state index in [-0.39, 0.29) is 12.2 Å². The summed E-state index contributed by atoms with van der Waals surface area (Å²) in [4.78, 5) is 0. The predicted octanol–water partition coefficient (Wildman–Crippen LogP) is 1.71. The number of ether oxygens (including phenoxy) is 3. The fourth-order valence-corrected chi connectivity index (χ4v) is 2.20. The van der Waals surface area contributed by atoms with Crippen molar-refractivity contribution in [1.82, 2.24) is 0 Å². The van der Waals surface area contributed by atoms with E-state index in [1.165, 1.54) is 7.11 Å². The molecule has 1 saturated heterocycles. The van der Waals surface area contributed by atoms with Crippen molar-refractivity contribution in [2.75, 3.05) is 7.11 Å². The molecule has 4 heteroatoms. The van der Waals surface area contributed by atoms with Gasteiger partial charge in [-0.3, -0.25) is 0 Å². The van der Waals surface area contributed by atoms with Gasteiger partial charge in [0, 0.05) is 7.11 Å². The van der Waals surface area contributed by atoms with Crippen molar-refractivity contribution in [2.45, 2.75) is 44.6 Å². The number of hydrogen-bond donors (Lipinski definition) is 1. The summed E-state index contributed by atoms with van der Waals surface area (Å²) >= 11 is 0. The van der Waals surface area contributed by atoms with Crippen LogP contribution in [0.25, 0.3) is 0 Å². The van der Waals surface area contributed by atoms with Gasteiger partial charge in [-0.1, -0.05) is 37.3 Å². The van der Waals surface area contributed by atoms with E-state index in [1.807, 2.05) is 37.3 Å². The van der Waals surface area contributed by atoms with E-state index in [9.17, 15) is 5.11 Å². The molecule has 0 saturated carbocycles. The van der Waals surface area contributed by atoms with Gasteiger partial charge in [-0.2, -0.15) is 0 Å². The number of methoxy groups -OCH3 is 1. The lowest BCUT2D eigenvalue weighted by Crippen LogP contribution is -2.35. The molecule has 2 rings (SSSR count).